The molecule has 5 nitrogen and oxygen atoms in total. The van der Waals surface area contributed by atoms with Crippen molar-refractivity contribution in [1.29, 1.82) is 0 Å². The first-order chi connectivity index (χ1) is 40.1. The molecular weight excluding hydrogens is 983 g/mol. The van der Waals surface area contributed by atoms with Crippen molar-refractivity contribution in [3.63, 3.8) is 0 Å². The second-order valence-electron chi connectivity index (χ2n) is 21.4. The molecule has 0 amide bonds. The fraction of sp³-hybridized carbons (Fsp3) is 0.0395. The van der Waals surface area contributed by atoms with E-state index in [1.165, 1.54) is 72.3 Å². The van der Waals surface area contributed by atoms with Gasteiger partial charge in [0.25, 0.3) is 0 Å². The summed E-state index contributed by atoms with van der Waals surface area (Å²) < 4.78 is 0. The van der Waals surface area contributed by atoms with E-state index < -0.39 is 5.41 Å². The fourth-order valence-electron chi connectivity index (χ4n) is 13.4. The lowest BCUT2D eigenvalue weighted by Crippen LogP contribution is -2.28. The lowest BCUT2D eigenvalue weighted by molar-refractivity contribution is 0.754. The van der Waals surface area contributed by atoms with Crippen LogP contribution in [-0.4, -0.2) is 24.9 Å². The number of aromatic nitrogens is 5. The van der Waals surface area contributed by atoms with Crippen molar-refractivity contribution in [2.75, 3.05) is 0 Å². The first-order valence-electron chi connectivity index (χ1n) is 27.8. The number of fused-ring (bicyclic) bond motifs is 3. The molecule has 4 aliphatic carbocycles. The molecule has 0 saturated carbocycles. The van der Waals surface area contributed by atoms with Gasteiger partial charge < -0.3 is 0 Å². The standard InChI is InChI=1S/C76H49N5/c1-6-20-50(21-7-1)72-77-68(49-36-34-48(35-37-49)53-38-41-59-58-30-18-19-33-66(58)76(67(59)46-53,56-26-12-4-13-27-56)57-28-14-5-15-29-57)47-69(78-72)54-39-42-62-64(44-54)70-60-31-16-17-32-61(60)71(62)65-45-55(40-43-63(65)70)75-80-73(51-22-8-2-9-23-51)79-74(81-75)52-24-10-3-11-25-52/h1-47,70-71H. The monoisotopic (exact) mass is 1030 g/mol. The van der Waals surface area contributed by atoms with Crippen molar-refractivity contribution in [2.24, 2.45) is 0 Å². The molecule has 0 saturated heterocycles. The summed E-state index contributed by atoms with van der Waals surface area (Å²) in [7, 11) is 0. The Kier molecular flexibility index (Phi) is 10.9. The third kappa shape index (κ3) is 7.57. The molecule has 0 spiro atoms. The zero-order valence-corrected chi connectivity index (χ0v) is 44.0. The van der Waals surface area contributed by atoms with Crippen molar-refractivity contribution >= 4 is 0 Å². The number of nitrogens with zero attached hydrogens (tertiary/aromatic N) is 5. The van der Waals surface area contributed by atoms with Gasteiger partial charge in [-0.2, -0.15) is 0 Å². The number of rotatable bonds is 9. The molecule has 2 atom stereocenters. The molecule has 2 bridgehead atoms. The van der Waals surface area contributed by atoms with Crippen LogP contribution < -0.4 is 0 Å². The van der Waals surface area contributed by atoms with Crippen LogP contribution in [0.5, 0.6) is 0 Å². The Morgan fingerprint density at radius 2 is 0.605 bits per heavy atom. The molecule has 13 aromatic rings. The maximum Gasteiger partial charge on any atom is 0.164 e. The minimum Gasteiger partial charge on any atom is -0.228 e. The van der Waals surface area contributed by atoms with Crippen LogP contribution in [0.3, 0.4) is 0 Å². The Hall–Kier alpha value is -10.5. The molecule has 11 aromatic carbocycles. The van der Waals surface area contributed by atoms with Gasteiger partial charge >= 0.3 is 0 Å². The van der Waals surface area contributed by atoms with Gasteiger partial charge in [0.15, 0.2) is 23.3 Å². The number of hydrogen-bond acceptors (Lipinski definition) is 5. The highest BCUT2D eigenvalue weighted by molar-refractivity contribution is 5.89. The van der Waals surface area contributed by atoms with Gasteiger partial charge in [0.05, 0.1) is 16.8 Å². The van der Waals surface area contributed by atoms with E-state index in [2.05, 4.69) is 243 Å². The molecule has 2 unspecified atom stereocenters. The SMILES string of the molecule is c1ccc(-c2nc(-c3ccc(-c4ccc5c(c4)C(c4ccccc4)(c4ccccc4)c4ccccc4-5)cc3)cc(-c3ccc4c(c3)C3c5ccccc5C4c4cc(-c5nc(-c6ccccc6)nc(-c6ccccc6)n5)ccc43)n2)cc1. The lowest BCUT2D eigenvalue weighted by Gasteiger charge is -2.42. The van der Waals surface area contributed by atoms with Gasteiger partial charge in [-0.05, 0) is 102 Å². The highest BCUT2D eigenvalue weighted by Gasteiger charge is 2.46. The minimum atomic E-state index is -0.473. The van der Waals surface area contributed by atoms with Crippen LogP contribution >= 0.6 is 0 Å². The zero-order chi connectivity index (χ0) is 53.4. The predicted octanol–water partition coefficient (Wildman–Crippen LogP) is 17.7. The van der Waals surface area contributed by atoms with Crippen LogP contribution in [0.1, 0.15) is 67.5 Å². The van der Waals surface area contributed by atoms with Gasteiger partial charge in [0.2, 0.25) is 0 Å². The molecular formula is C76H49N5. The van der Waals surface area contributed by atoms with Gasteiger partial charge in [-0.25, -0.2) is 24.9 Å². The van der Waals surface area contributed by atoms with Gasteiger partial charge in [0.1, 0.15) is 0 Å². The fourth-order valence-corrected chi connectivity index (χ4v) is 13.4. The molecule has 0 N–H and O–H groups in total. The summed E-state index contributed by atoms with van der Waals surface area (Å²) in [4.78, 5) is 25.9. The maximum absolute atomic E-state index is 5.35. The molecule has 81 heavy (non-hydrogen) atoms. The van der Waals surface area contributed by atoms with Crippen LogP contribution in [0.4, 0.5) is 0 Å². The van der Waals surface area contributed by atoms with Gasteiger partial charge in [0, 0.05) is 45.2 Å². The summed E-state index contributed by atoms with van der Waals surface area (Å²) in [5.74, 6) is 2.71. The van der Waals surface area contributed by atoms with Crippen LogP contribution in [0, 0.1) is 0 Å². The Labute approximate surface area is 470 Å². The van der Waals surface area contributed by atoms with Crippen molar-refractivity contribution < 1.29 is 0 Å². The van der Waals surface area contributed by atoms with Crippen LogP contribution in [0.15, 0.2) is 285 Å². The van der Waals surface area contributed by atoms with Crippen molar-refractivity contribution in [1.82, 2.24) is 24.9 Å². The van der Waals surface area contributed by atoms with Crippen molar-refractivity contribution in [2.45, 2.75) is 17.3 Å². The second-order valence-corrected chi connectivity index (χ2v) is 21.4. The van der Waals surface area contributed by atoms with Crippen molar-refractivity contribution in [3.05, 3.63) is 341 Å². The molecule has 378 valence electrons. The van der Waals surface area contributed by atoms with Gasteiger partial charge in [-0.1, -0.05) is 261 Å². The summed E-state index contributed by atoms with van der Waals surface area (Å²) in [5.41, 5.74) is 25.1. The molecule has 0 radical (unpaired) electrons. The smallest absolute Gasteiger partial charge is 0.164 e. The quantitative estimate of drug-likeness (QED) is 0.144. The molecule has 2 heterocycles. The summed E-state index contributed by atoms with van der Waals surface area (Å²) >= 11 is 0. The molecule has 0 aliphatic heterocycles. The van der Waals surface area contributed by atoms with E-state index in [0.717, 1.165) is 50.3 Å². The molecule has 17 rings (SSSR count). The highest BCUT2D eigenvalue weighted by Crippen LogP contribution is 2.58. The summed E-state index contributed by atoms with van der Waals surface area (Å²) in [6.07, 6.45) is 0. The van der Waals surface area contributed by atoms with E-state index in [-0.39, 0.29) is 11.8 Å². The molecule has 2 aromatic heterocycles. The molecule has 5 heteroatoms. The Balaban J connectivity index is 0.777. The maximum atomic E-state index is 5.35. The van der Waals surface area contributed by atoms with Crippen LogP contribution in [0.2, 0.25) is 0 Å². The number of hydrogen-bond donors (Lipinski definition) is 0. The Bertz CT molecular complexity index is 4470. The number of benzene rings is 11. The summed E-state index contributed by atoms with van der Waals surface area (Å²) in [5, 5.41) is 0. The van der Waals surface area contributed by atoms with E-state index >= 15 is 0 Å². The van der Waals surface area contributed by atoms with E-state index in [4.69, 9.17) is 24.9 Å². The average molecular weight is 1030 g/mol. The van der Waals surface area contributed by atoms with Crippen LogP contribution in [-0.2, 0) is 5.41 Å². The summed E-state index contributed by atoms with van der Waals surface area (Å²) in [6.45, 7) is 0. The van der Waals surface area contributed by atoms with Crippen LogP contribution in [0.25, 0.3) is 90.3 Å². The third-order valence-electron chi connectivity index (χ3n) is 17.0. The van der Waals surface area contributed by atoms with E-state index in [9.17, 15) is 0 Å². The van der Waals surface area contributed by atoms with E-state index in [1.54, 1.807) is 0 Å². The van der Waals surface area contributed by atoms with E-state index in [0.29, 0.717) is 23.3 Å². The lowest BCUT2D eigenvalue weighted by atomic mass is 9.60. The Morgan fingerprint density at radius 3 is 1.16 bits per heavy atom. The molecule has 0 fully saturated rings. The summed E-state index contributed by atoms with van der Waals surface area (Å²) in [6, 6.07) is 103. The topological polar surface area (TPSA) is 64.5 Å². The van der Waals surface area contributed by atoms with Crippen molar-refractivity contribution in [3.8, 4) is 90.3 Å². The van der Waals surface area contributed by atoms with Gasteiger partial charge in [-0.15, -0.1) is 0 Å². The minimum absolute atomic E-state index is 0.0302. The van der Waals surface area contributed by atoms with Gasteiger partial charge in [-0.3, -0.25) is 0 Å². The second kappa shape index (κ2) is 18.9. The first-order valence-corrected chi connectivity index (χ1v) is 27.8. The normalized spacial score (nSPS) is 14.8. The third-order valence-corrected chi connectivity index (χ3v) is 17.0. The largest absolute Gasteiger partial charge is 0.228 e. The average Bonchev–Trinajstić information content (AvgIpc) is 3.99. The highest BCUT2D eigenvalue weighted by atomic mass is 15.0. The molecule has 4 aliphatic rings. The Morgan fingerprint density at radius 1 is 0.222 bits per heavy atom. The predicted molar refractivity (Wildman–Crippen MR) is 326 cm³/mol. The first kappa shape index (κ1) is 46.6. The zero-order valence-electron chi connectivity index (χ0n) is 44.0. The van der Waals surface area contributed by atoms with E-state index in [1.807, 2.05) is 42.5 Å².